The van der Waals surface area contributed by atoms with Crippen molar-refractivity contribution in [2.75, 3.05) is 6.61 Å². The van der Waals surface area contributed by atoms with Gasteiger partial charge in [0.15, 0.2) is 0 Å². The van der Waals surface area contributed by atoms with Gasteiger partial charge in [-0.1, -0.05) is 0 Å². The lowest BCUT2D eigenvalue weighted by molar-refractivity contribution is -0.385. The fraction of sp³-hybridized carbons (Fsp3) is 0.222. The third-order valence-corrected chi connectivity index (χ3v) is 2.17. The molecule has 70 valence electrons. The molecule has 0 N–H and O–H groups in total. The number of hydrogen-bond donors (Lipinski definition) is 0. The lowest BCUT2D eigenvalue weighted by atomic mass is 10.0. The molecule has 2 rings (SSSR count). The molecular formula is C9H6N2O3. The summed E-state index contributed by atoms with van der Waals surface area (Å²) in [6, 6.07) is 4.71. The Morgan fingerprint density at radius 2 is 2.36 bits per heavy atom. The van der Waals surface area contributed by atoms with E-state index >= 15 is 0 Å². The number of nitro groups is 1. The van der Waals surface area contributed by atoms with Crippen molar-refractivity contribution >= 4 is 5.69 Å². The molecule has 1 aliphatic heterocycles. The largest absolute Gasteiger partial charge is 0.493 e. The number of rotatable bonds is 1. The van der Waals surface area contributed by atoms with Crippen LogP contribution in [0.1, 0.15) is 11.1 Å². The van der Waals surface area contributed by atoms with Gasteiger partial charge < -0.3 is 4.74 Å². The van der Waals surface area contributed by atoms with E-state index in [9.17, 15) is 10.1 Å². The van der Waals surface area contributed by atoms with Crippen LogP contribution in [0.2, 0.25) is 0 Å². The standard InChI is InChI=1S/C9H6N2O3/c10-5-7-6-3-4-14-9(6)2-1-8(7)11(12)13/h1-2H,3-4H2. The number of nitro benzene ring substituents is 1. The molecule has 0 aromatic heterocycles. The summed E-state index contributed by atoms with van der Waals surface area (Å²) in [6.07, 6.45) is 0.569. The van der Waals surface area contributed by atoms with Gasteiger partial charge in [0.05, 0.1) is 11.5 Å². The molecule has 0 aliphatic carbocycles. The molecule has 1 heterocycles. The summed E-state index contributed by atoms with van der Waals surface area (Å²) in [7, 11) is 0. The van der Waals surface area contributed by atoms with Crippen LogP contribution in [0.3, 0.4) is 0 Å². The van der Waals surface area contributed by atoms with Gasteiger partial charge in [0.1, 0.15) is 17.4 Å². The first-order valence-electron chi connectivity index (χ1n) is 4.07. The third kappa shape index (κ3) is 1.09. The summed E-state index contributed by atoms with van der Waals surface area (Å²) >= 11 is 0. The Morgan fingerprint density at radius 1 is 1.57 bits per heavy atom. The Bertz CT molecular complexity index is 448. The summed E-state index contributed by atoms with van der Waals surface area (Å²) in [4.78, 5) is 10.0. The number of nitriles is 1. The van der Waals surface area contributed by atoms with E-state index < -0.39 is 4.92 Å². The van der Waals surface area contributed by atoms with E-state index in [1.54, 1.807) is 6.07 Å². The van der Waals surface area contributed by atoms with Crippen molar-refractivity contribution in [2.45, 2.75) is 6.42 Å². The maximum atomic E-state index is 10.6. The van der Waals surface area contributed by atoms with Crippen LogP contribution in [-0.2, 0) is 6.42 Å². The third-order valence-electron chi connectivity index (χ3n) is 2.17. The van der Waals surface area contributed by atoms with Crippen LogP contribution >= 0.6 is 0 Å². The number of hydrogen-bond acceptors (Lipinski definition) is 4. The van der Waals surface area contributed by atoms with Gasteiger partial charge >= 0.3 is 0 Å². The van der Waals surface area contributed by atoms with E-state index in [-0.39, 0.29) is 11.3 Å². The summed E-state index contributed by atoms with van der Waals surface area (Å²) in [6.45, 7) is 0.491. The van der Waals surface area contributed by atoms with Crippen molar-refractivity contribution in [3.05, 3.63) is 33.4 Å². The van der Waals surface area contributed by atoms with Crippen LogP contribution < -0.4 is 4.74 Å². The van der Waals surface area contributed by atoms with Gasteiger partial charge in [-0.05, 0) is 6.07 Å². The second-order valence-electron chi connectivity index (χ2n) is 2.90. The molecule has 0 bridgehead atoms. The van der Waals surface area contributed by atoms with Gasteiger partial charge in [-0.3, -0.25) is 10.1 Å². The average Bonchev–Trinajstić information content (AvgIpc) is 2.63. The van der Waals surface area contributed by atoms with Crippen molar-refractivity contribution in [1.29, 1.82) is 5.26 Å². The SMILES string of the molecule is N#Cc1c([N+](=O)[O-])ccc2c1CCO2. The Hall–Kier alpha value is -2.09. The molecular weight excluding hydrogens is 184 g/mol. The van der Waals surface area contributed by atoms with Gasteiger partial charge in [-0.2, -0.15) is 5.26 Å². The highest BCUT2D eigenvalue weighted by molar-refractivity contribution is 5.59. The fourth-order valence-electron chi connectivity index (χ4n) is 1.54. The minimum absolute atomic E-state index is 0.130. The summed E-state index contributed by atoms with van der Waals surface area (Å²) in [5, 5.41) is 19.4. The maximum absolute atomic E-state index is 10.6. The number of ether oxygens (including phenoxy) is 1. The predicted octanol–water partition coefficient (Wildman–Crippen LogP) is 1.40. The van der Waals surface area contributed by atoms with Gasteiger partial charge in [0.25, 0.3) is 5.69 Å². The van der Waals surface area contributed by atoms with Crippen LogP contribution in [-0.4, -0.2) is 11.5 Å². The fourth-order valence-corrected chi connectivity index (χ4v) is 1.54. The first-order chi connectivity index (χ1) is 6.74. The summed E-state index contributed by atoms with van der Waals surface area (Å²) < 4.78 is 5.20. The quantitative estimate of drug-likeness (QED) is 0.495. The zero-order valence-electron chi connectivity index (χ0n) is 7.19. The van der Waals surface area contributed by atoms with E-state index in [0.717, 1.165) is 0 Å². The minimum Gasteiger partial charge on any atom is -0.493 e. The van der Waals surface area contributed by atoms with E-state index in [2.05, 4.69) is 0 Å². The number of benzene rings is 1. The maximum Gasteiger partial charge on any atom is 0.287 e. The molecule has 14 heavy (non-hydrogen) atoms. The summed E-state index contributed by atoms with van der Waals surface area (Å²) in [5.41, 5.74) is 0.642. The molecule has 1 aromatic carbocycles. The lowest BCUT2D eigenvalue weighted by Gasteiger charge is -2.00. The molecule has 0 atom stereocenters. The molecule has 0 radical (unpaired) electrons. The lowest BCUT2D eigenvalue weighted by Crippen LogP contribution is -1.95. The van der Waals surface area contributed by atoms with Crippen LogP contribution in [0, 0.1) is 21.4 Å². The van der Waals surface area contributed by atoms with Crippen LogP contribution in [0.15, 0.2) is 12.1 Å². The predicted molar refractivity (Wildman–Crippen MR) is 47.0 cm³/mol. The highest BCUT2D eigenvalue weighted by Gasteiger charge is 2.24. The van der Waals surface area contributed by atoms with Gasteiger partial charge in [0, 0.05) is 18.1 Å². The van der Waals surface area contributed by atoms with Crippen molar-refractivity contribution < 1.29 is 9.66 Å². The topological polar surface area (TPSA) is 76.2 Å². The van der Waals surface area contributed by atoms with Gasteiger partial charge in [-0.15, -0.1) is 0 Å². The Morgan fingerprint density at radius 3 is 3.00 bits per heavy atom. The van der Waals surface area contributed by atoms with Gasteiger partial charge in [0.2, 0.25) is 0 Å². The first-order valence-corrected chi connectivity index (χ1v) is 4.07. The zero-order chi connectivity index (χ0) is 10.1. The van der Waals surface area contributed by atoms with E-state index in [4.69, 9.17) is 10.00 Å². The molecule has 5 nitrogen and oxygen atoms in total. The van der Waals surface area contributed by atoms with E-state index in [1.807, 2.05) is 6.07 Å². The minimum atomic E-state index is -0.544. The van der Waals surface area contributed by atoms with Crippen LogP contribution in [0.4, 0.5) is 5.69 Å². The highest BCUT2D eigenvalue weighted by atomic mass is 16.6. The zero-order valence-corrected chi connectivity index (χ0v) is 7.19. The summed E-state index contributed by atoms with van der Waals surface area (Å²) in [5.74, 6) is 0.590. The molecule has 0 saturated carbocycles. The second kappa shape index (κ2) is 3.00. The highest BCUT2D eigenvalue weighted by Crippen LogP contribution is 2.33. The Labute approximate surface area is 79.7 Å². The Balaban J connectivity index is 2.67. The van der Waals surface area contributed by atoms with Crippen molar-refractivity contribution in [2.24, 2.45) is 0 Å². The average molecular weight is 190 g/mol. The second-order valence-corrected chi connectivity index (χ2v) is 2.90. The smallest absolute Gasteiger partial charge is 0.287 e. The van der Waals surface area contributed by atoms with Gasteiger partial charge in [-0.25, -0.2) is 0 Å². The van der Waals surface area contributed by atoms with Crippen molar-refractivity contribution in [3.8, 4) is 11.8 Å². The molecule has 5 heteroatoms. The molecule has 1 aromatic rings. The number of nitrogens with zero attached hydrogens (tertiary/aromatic N) is 2. The normalized spacial score (nSPS) is 12.8. The molecule has 0 spiro atoms. The number of fused-ring (bicyclic) bond motifs is 1. The first kappa shape index (κ1) is 8.51. The Kier molecular flexibility index (Phi) is 1.82. The molecule has 0 unspecified atom stereocenters. The van der Waals surface area contributed by atoms with Crippen molar-refractivity contribution in [3.63, 3.8) is 0 Å². The molecule has 0 amide bonds. The van der Waals surface area contributed by atoms with Crippen LogP contribution in [0.25, 0.3) is 0 Å². The van der Waals surface area contributed by atoms with E-state index in [1.165, 1.54) is 6.07 Å². The van der Waals surface area contributed by atoms with E-state index in [0.29, 0.717) is 24.3 Å². The molecule has 0 saturated heterocycles. The molecule has 0 fully saturated rings. The molecule has 1 aliphatic rings. The van der Waals surface area contributed by atoms with Crippen LogP contribution in [0.5, 0.6) is 5.75 Å². The van der Waals surface area contributed by atoms with Crippen molar-refractivity contribution in [1.82, 2.24) is 0 Å². The monoisotopic (exact) mass is 190 g/mol.